The number of halogens is 2. The number of carbonyl (C=O) groups excluding carboxylic acids is 1. The van der Waals surface area contributed by atoms with E-state index < -0.39 is 6.10 Å². The first-order valence-electron chi connectivity index (χ1n) is 6.65. The summed E-state index contributed by atoms with van der Waals surface area (Å²) >= 11 is 5.87. The molecule has 2 aromatic rings. The van der Waals surface area contributed by atoms with Gasteiger partial charge >= 0.3 is 0 Å². The zero-order chi connectivity index (χ0) is 15.4. The van der Waals surface area contributed by atoms with Gasteiger partial charge in [-0.1, -0.05) is 23.7 Å². The van der Waals surface area contributed by atoms with Crippen molar-refractivity contribution in [3.8, 4) is 5.75 Å². The van der Waals surface area contributed by atoms with E-state index in [-0.39, 0.29) is 18.0 Å². The van der Waals surface area contributed by atoms with E-state index in [1.54, 1.807) is 37.3 Å². The number of hydrogen-bond donors (Lipinski definition) is 0. The third-order valence-corrected chi connectivity index (χ3v) is 3.47. The maximum atomic E-state index is 13.2. The minimum Gasteiger partial charge on any atom is -0.483 e. The van der Waals surface area contributed by atoms with Crippen LogP contribution in [0.5, 0.6) is 5.75 Å². The lowest BCUT2D eigenvalue weighted by Crippen LogP contribution is -2.25. The maximum absolute atomic E-state index is 13.2. The molecule has 0 fully saturated rings. The summed E-state index contributed by atoms with van der Waals surface area (Å²) in [7, 11) is 0. The molecule has 0 amide bonds. The lowest BCUT2D eigenvalue weighted by Gasteiger charge is -2.14. The first-order chi connectivity index (χ1) is 9.95. The number of hydrogen-bond acceptors (Lipinski definition) is 2. The highest BCUT2D eigenvalue weighted by molar-refractivity contribution is 6.30. The van der Waals surface area contributed by atoms with Crippen molar-refractivity contribution in [1.82, 2.24) is 0 Å². The Morgan fingerprint density at radius 2 is 2.05 bits per heavy atom. The Kier molecular flexibility index (Phi) is 4.97. The Labute approximate surface area is 128 Å². The lowest BCUT2D eigenvalue weighted by atomic mass is 10.0. The molecule has 1 unspecified atom stereocenters. The summed E-state index contributed by atoms with van der Waals surface area (Å²) in [5, 5.41) is 0.549. The molecule has 0 radical (unpaired) electrons. The van der Waals surface area contributed by atoms with E-state index in [0.717, 1.165) is 5.56 Å². The molecule has 0 aliphatic rings. The molecule has 2 nitrogen and oxygen atoms in total. The molecule has 0 N–H and O–H groups in total. The third-order valence-electron chi connectivity index (χ3n) is 3.24. The summed E-state index contributed by atoms with van der Waals surface area (Å²) in [6.45, 7) is 3.53. The van der Waals surface area contributed by atoms with Crippen molar-refractivity contribution < 1.29 is 13.9 Å². The monoisotopic (exact) mass is 306 g/mol. The average molecular weight is 307 g/mol. The van der Waals surface area contributed by atoms with Crippen LogP contribution in [-0.4, -0.2) is 11.9 Å². The molecule has 21 heavy (non-hydrogen) atoms. The van der Waals surface area contributed by atoms with Crippen LogP contribution >= 0.6 is 11.6 Å². The largest absolute Gasteiger partial charge is 0.483 e. The molecule has 2 aromatic carbocycles. The van der Waals surface area contributed by atoms with Gasteiger partial charge in [0.05, 0.1) is 0 Å². The highest BCUT2D eigenvalue weighted by Gasteiger charge is 2.16. The Hall–Kier alpha value is -1.87. The topological polar surface area (TPSA) is 26.3 Å². The normalized spacial score (nSPS) is 12.0. The van der Waals surface area contributed by atoms with Crippen LogP contribution in [0.25, 0.3) is 0 Å². The van der Waals surface area contributed by atoms with Gasteiger partial charge in [0.2, 0.25) is 0 Å². The number of aryl methyl sites for hydroxylation is 1. The summed E-state index contributed by atoms with van der Waals surface area (Å²) in [6, 6.07) is 11.3. The van der Waals surface area contributed by atoms with Gasteiger partial charge in [-0.25, -0.2) is 4.39 Å². The lowest BCUT2D eigenvalue weighted by molar-refractivity contribution is -0.124. The fraction of sp³-hybridized carbons (Fsp3) is 0.235. The number of ether oxygens (including phenoxy) is 1. The van der Waals surface area contributed by atoms with E-state index in [0.29, 0.717) is 16.3 Å². The zero-order valence-corrected chi connectivity index (χ0v) is 12.7. The number of ketones is 1. The van der Waals surface area contributed by atoms with Crippen molar-refractivity contribution in [3.05, 3.63) is 64.4 Å². The molecule has 0 heterocycles. The Balaban J connectivity index is 2.04. The first-order valence-corrected chi connectivity index (χ1v) is 7.03. The predicted molar refractivity (Wildman–Crippen MR) is 81.4 cm³/mol. The first kappa shape index (κ1) is 15.5. The highest BCUT2D eigenvalue weighted by atomic mass is 35.5. The van der Waals surface area contributed by atoms with Gasteiger partial charge in [-0.15, -0.1) is 0 Å². The van der Waals surface area contributed by atoms with Crippen molar-refractivity contribution in [2.45, 2.75) is 26.4 Å². The molecule has 0 aromatic heterocycles. The molecule has 0 saturated heterocycles. The number of rotatable bonds is 5. The smallest absolute Gasteiger partial charge is 0.177 e. The predicted octanol–water partition coefficient (Wildman–Crippen LogP) is 4.37. The quantitative estimate of drug-likeness (QED) is 0.820. The number of benzene rings is 2. The van der Waals surface area contributed by atoms with E-state index in [2.05, 4.69) is 0 Å². The molecule has 0 saturated carbocycles. The van der Waals surface area contributed by atoms with Gasteiger partial charge in [-0.2, -0.15) is 0 Å². The van der Waals surface area contributed by atoms with Crippen LogP contribution < -0.4 is 4.74 Å². The second-order valence-electron chi connectivity index (χ2n) is 4.93. The fourth-order valence-electron chi connectivity index (χ4n) is 1.97. The van der Waals surface area contributed by atoms with Crippen molar-refractivity contribution in [2.75, 3.05) is 0 Å². The van der Waals surface area contributed by atoms with Gasteiger partial charge in [0.1, 0.15) is 11.6 Å². The molecule has 1 atom stereocenters. The van der Waals surface area contributed by atoms with Crippen LogP contribution in [0.15, 0.2) is 42.5 Å². The molecule has 0 bridgehead atoms. The minimum absolute atomic E-state index is 0.108. The summed E-state index contributed by atoms with van der Waals surface area (Å²) in [6.07, 6.45) is -0.475. The summed E-state index contributed by atoms with van der Waals surface area (Å²) in [5.41, 5.74) is 1.57. The average Bonchev–Trinajstić information content (AvgIpc) is 2.43. The van der Waals surface area contributed by atoms with Crippen molar-refractivity contribution in [1.29, 1.82) is 0 Å². The summed E-state index contributed by atoms with van der Waals surface area (Å²) in [4.78, 5) is 12.2. The summed E-state index contributed by atoms with van der Waals surface area (Å²) in [5.74, 6) is 0.0924. The van der Waals surface area contributed by atoms with Crippen LogP contribution in [0.3, 0.4) is 0 Å². The number of Topliss-reactive ketones (excluding diaryl/α,β-unsaturated/α-hetero) is 1. The van der Waals surface area contributed by atoms with Crippen molar-refractivity contribution >= 4 is 17.4 Å². The van der Waals surface area contributed by atoms with E-state index >= 15 is 0 Å². The number of carbonyl (C=O) groups is 1. The highest BCUT2D eigenvalue weighted by Crippen LogP contribution is 2.19. The SMILES string of the molecule is Cc1ccc(F)cc1CC(=O)C(C)Oc1cccc(Cl)c1. The van der Waals surface area contributed by atoms with Crippen LogP contribution in [0.2, 0.25) is 5.02 Å². The zero-order valence-electron chi connectivity index (χ0n) is 11.9. The Morgan fingerprint density at radius 3 is 2.76 bits per heavy atom. The molecular formula is C17H16ClFO2. The molecule has 0 aliphatic carbocycles. The molecular weight excluding hydrogens is 291 g/mol. The Bertz CT molecular complexity index is 655. The molecule has 0 aliphatic heterocycles. The van der Waals surface area contributed by atoms with E-state index in [9.17, 15) is 9.18 Å². The van der Waals surface area contributed by atoms with E-state index in [4.69, 9.17) is 16.3 Å². The summed E-state index contributed by atoms with van der Waals surface area (Å²) < 4.78 is 18.8. The van der Waals surface area contributed by atoms with Crippen LogP contribution in [0, 0.1) is 12.7 Å². The van der Waals surface area contributed by atoms with E-state index in [1.165, 1.54) is 12.1 Å². The van der Waals surface area contributed by atoms with Gasteiger partial charge in [-0.3, -0.25) is 4.79 Å². The maximum Gasteiger partial charge on any atom is 0.177 e. The van der Waals surface area contributed by atoms with E-state index in [1.807, 2.05) is 6.92 Å². The second kappa shape index (κ2) is 6.72. The van der Waals surface area contributed by atoms with Crippen LogP contribution in [0.4, 0.5) is 4.39 Å². The second-order valence-corrected chi connectivity index (χ2v) is 5.37. The molecule has 2 rings (SSSR count). The van der Waals surface area contributed by atoms with Gasteiger partial charge in [0.15, 0.2) is 11.9 Å². The Morgan fingerprint density at radius 1 is 1.29 bits per heavy atom. The van der Waals surface area contributed by atoms with Gasteiger partial charge < -0.3 is 4.74 Å². The van der Waals surface area contributed by atoms with Gasteiger partial charge in [-0.05, 0) is 55.3 Å². The molecule has 4 heteroatoms. The molecule has 110 valence electrons. The van der Waals surface area contributed by atoms with Crippen molar-refractivity contribution in [3.63, 3.8) is 0 Å². The molecule has 0 spiro atoms. The van der Waals surface area contributed by atoms with Gasteiger partial charge in [0, 0.05) is 11.4 Å². The minimum atomic E-state index is -0.619. The van der Waals surface area contributed by atoms with Crippen molar-refractivity contribution in [2.24, 2.45) is 0 Å². The fourth-order valence-corrected chi connectivity index (χ4v) is 2.15. The third kappa shape index (κ3) is 4.30. The van der Waals surface area contributed by atoms with Crippen LogP contribution in [0.1, 0.15) is 18.1 Å². The standard InChI is InChI=1S/C17H16ClFO2/c1-11-6-7-15(19)8-13(11)9-17(20)12(2)21-16-5-3-4-14(18)10-16/h3-8,10,12H,9H2,1-2H3. The van der Waals surface area contributed by atoms with Gasteiger partial charge in [0.25, 0.3) is 0 Å². The van der Waals surface area contributed by atoms with Crippen LogP contribution in [-0.2, 0) is 11.2 Å².